The Morgan fingerprint density at radius 3 is 2.34 bits per heavy atom. The number of rotatable bonds is 9. The number of carbonyl (C=O) groups is 2. The molecule has 10 heteroatoms. The van der Waals surface area contributed by atoms with Crippen LogP contribution in [0.15, 0.2) is 60.8 Å². The molecule has 32 heavy (non-hydrogen) atoms. The topological polar surface area (TPSA) is 120 Å². The van der Waals surface area contributed by atoms with E-state index in [4.69, 9.17) is 4.74 Å². The Bertz CT molecular complexity index is 1090. The number of anilines is 1. The zero-order valence-electron chi connectivity index (χ0n) is 17.7. The van der Waals surface area contributed by atoms with Gasteiger partial charge in [0, 0.05) is 25.2 Å². The number of nitrogens with one attached hydrogen (secondary N) is 1. The second-order valence-corrected chi connectivity index (χ2v) is 6.72. The number of para-hydroxylation sites is 1. The first-order chi connectivity index (χ1) is 15.4. The molecule has 2 amide bonds. The zero-order valence-corrected chi connectivity index (χ0v) is 17.7. The van der Waals surface area contributed by atoms with Gasteiger partial charge in [0.15, 0.2) is 6.61 Å². The van der Waals surface area contributed by atoms with Crippen molar-refractivity contribution in [2.45, 2.75) is 13.8 Å². The minimum atomic E-state index is -0.518. The molecule has 1 N–H and O–H groups in total. The molecule has 0 saturated carbocycles. The lowest BCUT2D eigenvalue weighted by atomic mass is 10.2. The van der Waals surface area contributed by atoms with Crippen LogP contribution in [0.5, 0.6) is 5.75 Å². The number of nitro benzene ring substituents is 1. The van der Waals surface area contributed by atoms with Crippen molar-refractivity contribution in [3.8, 4) is 11.4 Å². The van der Waals surface area contributed by atoms with Gasteiger partial charge in [-0.05, 0) is 38.1 Å². The second-order valence-electron chi connectivity index (χ2n) is 6.72. The van der Waals surface area contributed by atoms with Crippen LogP contribution in [-0.2, 0) is 4.79 Å². The summed E-state index contributed by atoms with van der Waals surface area (Å²) in [4.78, 5) is 37.4. The molecule has 2 aromatic carbocycles. The van der Waals surface area contributed by atoms with Crippen LogP contribution in [-0.4, -0.2) is 51.1 Å². The number of benzene rings is 2. The summed E-state index contributed by atoms with van der Waals surface area (Å²) in [6, 6.07) is 14.5. The van der Waals surface area contributed by atoms with E-state index in [-0.39, 0.29) is 29.6 Å². The van der Waals surface area contributed by atoms with Crippen molar-refractivity contribution < 1.29 is 19.2 Å². The van der Waals surface area contributed by atoms with Gasteiger partial charge in [0.2, 0.25) is 0 Å². The van der Waals surface area contributed by atoms with Crippen molar-refractivity contribution in [2.24, 2.45) is 0 Å². The van der Waals surface area contributed by atoms with E-state index in [0.717, 1.165) is 0 Å². The molecule has 0 saturated heterocycles. The highest BCUT2D eigenvalue weighted by Crippen LogP contribution is 2.22. The molecule has 3 aromatic rings. The number of nitro groups is 1. The number of hydrogen-bond donors (Lipinski definition) is 1. The summed E-state index contributed by atoms with van der Waals surface area (Å²) in [6.45, 7) is 4.43. The number of ether oxygens (including phenoxy) is 1. The summed E-state index contributed by atoms with van der Waals surface area (Å²) in [5, 5.41) is 17.8. The van der Waals surface area contributed by atoms with Gasteiger partial charge in [-0.1, -0.05) is 18.2 Å². The predicted octanol–water partition coefficient (Wildman–Crippen LogP) is 3.28. The Morgan fingerprint density at radius 2 is 1.75 bits per heavy atom. The van der Waals surface area contributed by atoms with Crippen molar-refractivity contribution in [1.82, 2.24) is 14.7 Å². The van der Waals surface area contributed by atoms with E-state index in [2.05, 4.69) is 10.4 Å². The van der Waals surface area contributed by atoms with Gasteiger partial charge in [0.05, 0.1) is 16.8 Å². The highest BCUT2D eigenvalue weighted by molar-refractivity contribution is 6.03. The van der Waals surface area contributed by atoms with Crippen LogP contribution >= 0.6 is 0 Å². The van der Waals surface area contributed by atoms with Crippen LogP contribution in [0.4, 0.5) is 11.5 Å². The van der Waals surface area contributed by atoms with E-state index in [9.17, 15) is 19.7 Å². The fourth-order valence-electron chi connectivity index (χ4n) is 3.05. The number of non-ortho nitro benzene ring substituents is 1. The quantitative estimate of drug-likeness (QED) is 0.405. The number of amides is 2. The van der Waals surface area contributed by atoms with Crippen LogP contribution < -0.4 is 10.1 Å². The fourth-order valence-corrected chi connectivity index (χ4v) is 3.05. The molecule has 0 aliphatic rings. The summed E-state index contributed by atoms with van der Waals surface area (Å²) in [7, 11) is 0. The molecule has 0 spiro atoms. The molecule has 1 heterocycles. The summed E-state index contributed by atoms with van der Waals surface area (Å²) in [6.07, 6.45) is 1.43. The largest absolute Gasteiger partial charge is 0.484 e. The lowest BCUT2D eigenvalue weighted by Gasteiger charge is -2.19. The first-order valence-corrected chi connectivity index (χ1v) is 10.0. The summed E-state index contributed by atoms with van der Waals surface area (Å²) in [5.41, 5.74) is 0.868. The third-order valence-corrected chi connectivity index (χ3v) is 4.73. The highest BCUT2D eigenvalue weighted by atomic mass is 16.6. The molecule has 0 atom stereocenters. The standard InChI is InChI=1S/C22H23N5O5/c1-3-25(4-2)22(29)19-14-23-26(16-8-6-5-7-9-16)21(19)24-20(28)15-32-18-12-10-17(11-13-18)27(30)31/h5-14H,3-4,15H2,1-2H3,(H,24,28). The molecule has 1 aromatic heterocycles. The Labute approximate surface area is 184 Å². The number of aromatic nitrogens is 2. The predicted molar refractivity (Wildman–Crippen MR) is 118 cm³/mol. The molecular formula is C22H23N5O5. The van der Waals surface area contributed by atoms with Gasteiger partial charge in [0.1, 0.15) is 17.1 Å². The zero-order chi connectivity index (χ0) is 23.1. The van der Waals surface area contributed by atoms with Crippen molar-refractivity contribution in [3.63, 3.8) is 0 Å². The molecular weight excluding hydrogens is 414 g/mol. The van der Waals surface area contributed by atoms with Crippen molar-refractivity contribution >= 4 is 23.3 Å². The third-order valence-electron chi connectivity index (χ3n) is 4.73. The molecule has 0 aliphatic heterocycles. The van der Waals surface area contributed by atoms with E-state index < -0.39 is 10.8 Å². The second kappa shape index (κ2) is 10.2. The van der Waals surface area contributed by atoms with Gasteiger partial charge >= 0.3 is 0 Å². The molecule has 0 radical (unpaired) electrons. The Balaban J connectivity index is 1.81. The summed E-state index contributed by atoms with van der Waals surface area (Å²) >= 11 is 0. The lowest BCUT2D eigenvalue weighted by molar-refractivity contribution is -0.384. The maximum Gasteiger partial charge on any atom is 0.269 e. The van der Waals surface area contributed by atoms with Gasteiger partial charge in [-0.2, -0.15) is 5.10 Å². The molecule has 0 fully saturated rings. The Hall–Kier alpha value is -4.21. The molecule has 3 rings (SSSR count). The van der Waals surface area contributed by atoms with E-state index in [1.54, 1.807) is 4.90 Å². The molecule has 0 aliphatic carbocycles. The van der Waals surface area contributed by atoms with Crippen molar-refractivity contribution in [3.05, 3.63) is 76.5 Å². The Morgan fingerprint density at radius 1 is 1.09 bits per heavy atom. The van der Waals surface area contributed by atoms with E-state index in [0.29, 0.717) is 24.5 Å². The minimum Gasteiger partial charge on any atom is -0.484 e. The summed E-state index contributed by atoms with van der Waals surface area (Å²) < 4.78 is 6.91. The van der Waals surface area contributed by atoms with Gasteiger partial charge in [-0.15, -0.1) is 0 Å². The average molecular weight is 437 g/mol. The van der Waals surface area contributed by atoms with Crippen LogP contribution in [0.25, 0.3) is 5.69 Å². The Kier molecular flexibility index (Phi) is 7.17. The van der Waals surface area contributed by atoms with E-state index in [1.807, 2.05) is 44.2 Å². The molecule has 10 nitrogen and oxygen atoms in total. The number of nitrogens with zero attached hydrogens (tertiary/aromatic N) is 4. The third kappa shape index (κ3) is 5.09. The lowest BCUT2D eigenvalue weighted by Crippen LogP contribution is -2.31. The van der Waals surface area contributed by atoms with Crippen LogP contribution in [0.2, 0.25) is 0 Å². The van der Waals surface area contributed by atoms with E-state index in [1.165, 1.54) is 35.1 Å². The van der Waals surface area contributed by atoms with E-state index >= 15 is 0 Å². The van der Waals surface area contributed by atoms with Gasteiger partial charge in [-0.25, -0.2) is 4.68 Å². The maximum absolute atomic E-state index is 13.0. The summed E-state index contributed by atoms with van der Waals surface area (Å²) in [5.74, 6) is -0.203. The molecule has 0 bridgehead atoms. The normalized spacial score (nSPS) is 10.4. The SMILES string of the molecule is CCN(CC)C(=O)c1cnn(-c2ccccc2)c1NC(=O)COc1ccc([N+](=O)[O-])cc1. The monoisotopic (exact) mass is 437 g/mol. The van der Waals surface area contributed by atoms with Crippen LogP contribution in [0.1, 0.15) is 24.2 Å². The van der Waals surface area contributed by atoms with Crippen molar-refractivity contribution in [2.75, 3.05) is 25.0 Å². The van der Waals surface area contributed by atoms with Crippen LogP contribution in [0, 0.1) is 10.1 Å². The average Bonchev–Trinajstić information content (AvgIpc) is 3.22. The maximum atomic E-state index is 13.0. The van der Waals surface area contributed by atoms with Gasteiger partial charge in [-0.3, -0.25) is 19.7 Å². The number of carbonyl (C=O) groups excluding carboxylic acids is 2. The number of hydrogen-bond acceptors (Lipinski definition) is 6. The highest BCUT2D eigenvalue weighted by Gasteiger charge is 2.23. The molecule has 0 unspecified atom stereocenters. The van der Waals surface area contributed by atoms with Gasteiger partial charge < -0.3 is 15.0 Å². The molecule has 166 valence electrons. The minimum absolute atomic E-state index is 0.0758. The first-order valence-electron chi connectivity index (χ1n) is 10.0. The van der Waals surface area contributed by atoms with Gasteiger partial charge in [0.25, 0.3) is 17.5 Å². The smallest absolute Gasteiger partial charge is 0.269 e. The fraction of sp³-hybridized carbons (Fsp3) is 0.227. The first kappa shape index (κ1) is 22.5. The van der Waals surface area contributed by atoms with Crippen LogP contribution in [0.3, 0.4) is 0 Å². The van der Waals surface area contributed by atoms with Crippen molar-refractivity contribution in [1.29, 1.82) is 0 Å².